The van der Waals surface area contributed by atoms with Crippen molar-refractivity contribution in [2.45, 2.75) is 31.1 Å². The lowest BCUT2D eigenvalue weighted by molar-refractivity contribution is -0.108. The van der Waals surface area contributed by atoms with Gasteiger partial charge in [-0.25, -0.2) is 4.98 Å². The molecule has 0 spiro atoms. The number of nitrogens with one attached hydrogen (secondary N) is 1. The maximum absolute atomic E-state index is 5.20. The highest BCUT2D eigenvalue weighted by molar-refractivity contribution is 5.53. The van der Waals surface area contributed by atoms with Gasteiger partial charge in [0.2, 0.25) is 6.29 Å². The van der Waals surface area contributed by atoms with E-state index in [0.717, 1.165) is 11.5 Å². The van der Waals surface area contributed by atoms with E-state index >= 15 is 0 Å². The van der Waals surface area contributed by atoms with Gasteiger partial charge in [0.05, 0.1) is 5.69 Å². The number of hydrogen-bond donors (Lipinski definition) is 1. The van der Waals surface area contributed by atoms with E-state index in [-0.39, 0.29) is 6.29 Å². The minimum absolute atomic E-state index is 0.370. The van der Waals surface area contributed by atoms with Crippen molar-refractivity contribution in [1.82, 2.24) is 4.98 Å². The van der Waals surface area contributed by atoms with Gasteiger partial charge in [-0.1, -0.05) is 6.07 Å². The van der Waals surface area contributed by atoms with Gasteiger partial charge < -0.3 is 14.8 Å². The number of aromatic nitrogens is 1. The molecular formula is C12H16N2O2. The van der Waals surface area contributed by atoms with Crippen molar-refractivity contribution >= 4 is 5.82 Å². The molecule has 1 aromatic rings. The lowest BCUT2D eigenvalue weighted by Crippen LogP contribution is -2.40. The van der Waals surface area contributed by atoms with Crippen LogP contribution in [0, 0.1) is 0 Å². The first-order valence-corrected chi connectivity index (χ1v) is 5.64. The second-order valence-electron chi connectivity index (χ2n) is 4.49. The van der Waals surface area contributed by atoms with Gasteiger partial charge in [-0.3, -0.25) is 0 Å². The zero-order valence-corrected chi connectivity index (χ0v) is 9.56. The Hall–Kier alpha value is -1.13. The number of methoxy groups -OCH3 is 2. The highest BCUT2D eigenvalue weighted by Crippen LogP contribution is 2.46. The molecule has 0 unspecified atom stereocenters. The Morgan fingerprint density at radius 3 is 2.75 bits per heavy atom. The summed E-state index contributed by atoms with van der Waals surface area (Å²) in [5.74, 6) is 1.73. The molecule has 1 aliphatic carbocycles. The van der Waals surface area contributed by atoms with Gasteiger partial charge in [-0.2, -0.15) is 0 Å². The Balaban J connectivity index is 1.93. The van der Waals surface area contributed by atoms with E-state index in [1.54, 1.807) is 14.2 Å². The van der Waals surface area contributed by atoms with Crippen LogP contribution in [0.2, 0.25) is 0 Å². The third kappa shape index (κ3) is 1.41. The number of anilines is 1. The molecule has 4 nitrogen and oxygen atoms in total. The molecule has 3 aliphatic rings. The van der Waals surface area contributed by atoms with Crippen LogP contribution in [0.15, 0.2) is 12.1 Å². The SMILES string of the molecule is COC(OC)c1ccc2c(n1)NC1CC2C1. The first-order chi connectivity index (χ1) is 7.81. The van der Waals surface area contributed by atoms with E-state index in [4.69, 9.17) is 9.47 Å². The van der Waals surface area contributed by atoms with Crippen LogP contribution in [0.1, 0.15) is 36.3 Å². The fraction of sp³-hybridized carbons (Fsp3) is 0.583. The lowest BCUT2D eigenvalue weighted by atomic mass is 9.73. The first kappa shape index (κ1) is 10.1. The zero-order valence-electron chi connectivity index (χ0n) is 9.56. The number of nitrogens with zero attached hydrogens (tertiary/aromatic N) is 1. The Morgan fingerprint density at radius 2 is 2.06 bits per heavy atom. The van der Waals surface area contributed by atoms with E-state index in [2.05, 4.69) is 16.4 Å². The summed E-state index contributed by atoms with van der Waals surface area (Å²) in [5.41, 5.74) is 2.18. The smallest absolute Gasteiger partial charge is 0.200 e. The standard InChI is InChI=1S/C12H16N2O2/c1-15-12(16-2)10-4-3-9-7-5-8(6-7)13-11(9)14-10/h3-4,7-8,12H,5-6H2,1-2H3,(H,13,14). The summed E-state index contributed by atoms with van der Waals surface area (Å²) >= 11 is 0. The summed E-state index contributed by atoms with van der Waals surface area (Å²) in [6.45, 7) is 0. The molecule has 0 amide bonds. The molecule has 1 aromatic heterocycles. The van der Waals surface area contributed by atoms with Crippen LogP contribution < -0.4 is 5.32 Å². The summed E-state index contributed by atoms with van der Waals surface area (Å²) in [7, 11) is 3.25. The molecule has 4 rings (SSSR count). The molecule has 1 fully saturated rings. The monoisotopic (exact) mass is 220 g/mol. The van der Waals surface area contributed by atoms with Gasteiger partial charge in [0.15, 0.2) is 0 Å². The van der Waals surface area contributed by atoms with Crippen molar-refractivity contribution in [1.29, 1.82) is 0 Å². The Labute approximate surface area is 95.0 Å². The summed E-state index contributed by atoms with van der Waals surface area (Å²) in [6.07, 6.45) is 2.14. The van der Waals surface area contributed by atoms with Crippen molar-refractivity contribution in [2.75, 3.05) is 19.5 Å². The van der Waals surface area contributed by atoms with Gasteiger partial charge in [0.1, 0.15) is 5.82 Å². The van der Waals surface area contributed by atoms with Crippen LogP contribution in [-0.4, -0.2) is 25.2 Å². The predicted molar refractivity (Wildman–Crippen MR) is 60.4 cm³/mol. The van der Waals surface area contributed by atoms with Gasteiger partial charge in [0, 0.05) is 20.3 Å². The van der Waals surface area contributed by atoms with Crippen LogP contribution in [0.5, 0.6) is 0 Å². The second-order valence-corrected chi connectivity index (χ2v) is 4.49. The summed E-state index contributed by atoms with van der Waals surface area (Å²) in [4.78, 5) is 4.58. The minimum atomic E-state index is -0.370. The van der Waals surface area contributed by atoms with Crippen LogP contribution in [-0.2, 0) is 9.47 Å². The Kier molecular flexibility index (Phi) is 2.33. The quantitative estimate of drug-likeness (QED) is 0.792. The van der Waals surface area contributed by atoms with Crippen molar-refractivity contribution < 1.29 is 9.47 Å². The maximum atomic E-state index is 5.20. The van der Waals surface area contributed by atoms with Gasteiger partial charge in [-0.15, -0.1) is 0 Å². The van der Waals surface area contributed by atoms with Gasteiger partial charge in [0.25, 0.3) is 0 Å². The third-order valence-electron chi connectivity index (χ3n) is 3.54. The Morgan fingerprint density at radius 1 is 1.31 bits per heavy atom. The molecule has 2 aliphatic heterocycles. The average Bonchev–Trinajstić information content (AvgIpc) is 2.28. The molecular weight excluding hydrogens is 204 g/mol. The molecule has 3 heterocycles. The van der Waals surface area contributed by atoms with E-state index in [1.807, 2.05) is 6.07 Å². The van der Waals surface area contributed by atoms with E-state index in [0.29, 0.717) is 12.0 Å². The summed E-state index contributed by atoms with van der Waals surface area (Å²) < 4.78 is 10.4. The summed E-state index contributed by atoms with van der Waals surface area (Å²) in [6, 6.07) is 4.77. The van der Waals surface area contributed by atoms with Crippen LogP contribution in [0.25, 0.3) is 0 Å². The highest BCUT2D eigenvalue weighted by atomic mass is 16.7. The van der Waals surface area contributed by atoms with Gasteiger partial charge >= 0.3 is 0 Å². The molecule has 4 heteroatoms. The fourth-order valence-corrected chi connectivity index (χ4v) is 2.58. The molecule has 2 bridgehead atoms. The van der Waals surface area contributed by atoms with Crippen molar-refractivity contribution in [3.05, 3.63) is 23.4 Å². The predicted octanol–water partition coefficient (Wildman–Crippen LogP) is 2.04. The third-order valence-corrected chi connectivity index (χ3v) is 3.54. The average molecular weight is 220 g/mol. The molecule has 0 saturated heterocycles. The normalized spacial score (nSPS) is 25.9. The largest absolute Gasteiger partial charge is 0.367 e. The minimum Gasteiger partial charge on any atom is -0.367 e. The van der Waals surface area contributed by atoms with Crippen LogP contribution in [0.4, 0.5) is 5.82 Å². The number of rotatable bonds is 3. The van der Waals surface area contributed by atoms with E-state index in [1.165, 1.54) is 18.4 Å². The van der Waals surface area contributed by atoms with E-state index in [9.17, 15) is 0 Å². The molecule has 0 aromatic carbocycles. The molecule has 86 valence electrons. The second kappa shape index (κ2) is 3.71. The highest BCUT2D eigenvalue weighted by Gasteiger charge is 2.37. The lowest BCUT2D eigenvalue weighted by Gasteiger charge is -2.43. The number of ether oxygens (including phenoxy) is 2. The maximum Gasteiger partial charge on any atom is 0.200 e. The van der Waals surface area contributed by atoms with Gasteiger partial charge in [-0.05, 0) is 30.4 Å². The van der Waals surface area contributed by atoms with Crippen molar-refractivity contribution in [3.63, 3.8) is 0 Å². The first-order valence-electron chi connectivity index (χ1n) is 5.64. The van der Waals surface area contributed by atoms with Crippen LogP contribution >= 0.6 is 0 Å². The van der Waals surface area contributed by atoms with Crippen molar-refractivity contribution in [3.8, 4) is 0 Å². The zero-order chi connectivity index (χ0) is 11.1. The Bertz CT molecular complexity index is 398. The van der Waals surface area contributed by atoms with Crippen LogP contribution in [0.3, 0.4) is 0 Å². The number of pyridine rings is 1. The molecule has 1 saturated carbocycles. The molecule has 0 atom stereocenters. The summed E-state index contributed by atoms with van der Waals surface area (Å²) in [5, 5.41) is 3.45. The molecule has 1 N–H and O–H groups in total. The number of hydrogen-bond acceptors (Lipinski definition) is 4. The fourth-order valence-electron chi connectivity index (χ4n) is 2.58. The van der Waals surface area contributed by atoms with E-state index < -0.39 is 0 Å². The van der Waals surface area contributed by atoms with Crippen molar-refractivity contribution in [2.24, 2.45) is 0 Å². The molecule has 0 radical (unpaired) electrons. The molecule has 16 heavy (non-hydrogen) atoms. The topological polar surface area (TPSA) is 43.4 Å².